The van der Waals surface area contributed by atoms with E-state index >= 15 is 0 Å². The number of aromatic nitrogens is 1. The molecule has 1 fully saturated rings. The number of ether oxygens (including phenoxy) is 1. The molecule has 1 heterocycles. The molecular formula is C16H18ClNO3S. The molecule has 1 aromatic heterocycles. The maximum atomic E-state index is 12.2. The van der Waals surface area contributed by atoms with Gasteiger partial charge in [0.25, 0.3) is 0 Å². The van der Waals surface area contributed by atoms with Gasteiger partial charge in [0, 0.05) is 10.9 Å². The summed E-state index contributed by atoms with van der Waals surface area (Å²) in [5, 5.41) is 1.09. The van der Waals surface area contributed by atoms with Crippen molar-refractivity contribution in [3.05, 3.63) is 35.0 Å². The van der Waals surface area contributed by atoms with Crippen LogP contribution in [0.15, 0.2) is 24.3 Å². The van der Waals surface area contributed by atoms with Crippen LogP contribution in [0.2, 0.25) is 5.15 Å². The predicted molar refractivity (Wildman–Crippen MR) is 88.1 cm³/mol. The molecule has 1 aromatic carbocycles. The van der Waals surface area contributed by atoms with Crippen LogP contribution in [-0.2, 0) is 15.6 Å². The van der Waals surface area contributed by atoms with Crippen molar-refractivity contribution in [2.75, 3.05) is 12.9 Å². The van der Waals surface area contributed by atoms with Crippen LogP contribution in [0.4, 0.5) is 0 Å². The van der Waals surface area contributed by atoms with E-state index in [2.05, 4.69) is 4.98 Å². The molecule has 6 heteroatoms. The zero-order valence-electron chi connectivity index (χ0n) is 12.4. The highest BCUT2D eigenvalue weighted by molar-refractivity contribution is 7.90. The second kappa shape index (κ2) is 6.05. The number of hydrogen-bond acceptors (Lipinski definition) is 4. The van der Waals surface area contributed by atoms with Crippen LogP contribution in [-0.4, -0.2) is 26.3 Å². The Labute approximate surface area is 135 Å². The third-order valence-corrected chi connectivity index (χ3v) is 5.89. The van der Waals surface area contributed by atoms with Crippen LogP contribution >= 0.6 is 11.6 Å². The van der Waals surface area contributed by atoms with E-state index in [1.54, 1.807) is 19.2 Å². The fourth-order valence-corrected chi connectivity index (χ4v) is 4.29. The second-order valence-corrected chi connectivity index (χ2v) is 8.36. The van der Waals surface area contributed by atoms with Crippen LogP contribution < -0.4 is 4.74 Å². The minimum atomic E-state index is -3.15. The molecule has 0 aliphatic heterocycles. The molecule has 0 amide bonds. The first-order valence-electron chi connectivity index (χ1n) is 7.30. The highest BCUT2D eigenvalue weighted by atomic mass is 35.5. The first-order chi connectivity index (χ1) is 10.5. The Kier molecular flexibility index (Phi) is 4.28. The number of halogens is 1. The average Bonchev–Trinajstić information content (AvgIpc) is 3.30. The first-order valence-corrected chi connectivity index (χ1v) is 9.50. The fraction of sp³-hybridized carbons (Fsp3) is 0.438. The average molecular weight is 340 g/mol. The van der Waals surface area contributed by atoms with Crippen LogP contribution in [0, 0.1) is 5.92 Å². The van der Waals surface area contributed by atoms with Crippen molar-refractivity contribution in [2.24, 2.45) is 5.92 Å². The summed E-state index contributed by atoms with van der Waals surface area (Å²) in [4.78, 5) is 4.29. The number of sulfone groups is 1. The zero-order valence-corrected chi connectivity index (χ0v) is 14.0. The number of nitrogens with zero attached hydrogens (tertiary/aromatic N) is 1. The van der Waals surface area contributed by atoms with Crippen molar-refractivity contribution in [1.82, 2.24) is 4.98 Å². The molecule has 0 radical (unpaired) electrons. The number of rotatable bonds is 6. The Hall–Kier alpha value is -1.33. The van der Waals surface area contributed by atoms with E-state index in [4.69, 9.17) is 16.3 Å². The van der Waals surface area contributed by atoms with E-state index in [1.165, 1.54) is 0 Å². The summed E-state index contributed by atoms with van der Waals surface area (Å²) in [6.45, 7) is 0. The molecule has 3 rings (SSSR count). The van der Waals surface area contributed by atoms with Gasteiger partial charge in [-0.05, 0) is 36.6 Å². The summed E-state index contributed by atoms with van der Waals surface area (Å²) in [5.41, 5.74) is 1.28. The van der Waals surface area contributed by atoms with E-state index in [1.807, 2.05) is 12.1 Å². The number of fused-ring (bicyclic) bond motifs is 1. The van der Waals surface area contributed by atoms with Crippen molar-refractivity contribution < 1.29 is 13.2 Å². The summed E-state index contributed by atoms with van der Waals surface area (Å²) in [5.74, 6) is 1.48. The van der Waals surface area contributed by atoms with Crippen molar-refractivity contribution in [2.45, 2.75) is 25.0 Å². The molecule has 2 aromatic rings. The molecule has 0 saturated heterocycles. The Morgan fingerprint density at radius 2 is 2.09 bits per heavy atom. The maximum Gasteiger partial charge on any atom is 0.154 e. The third-order valence-electron chi connectivity index (χ3n) is 3.96. The standard InChI is InChI=1S/C16H18ClNO3S/c1-21-14-4-5-15-12(9-14)8-13(16(17)18-15)10-22(19,20)7-6-11-2-3-11/h4-5,8-9,11H,2-3,6-7,10H2,1H3. The largest absolute Gasteiger partial charge is 0.497 e. The summed E-state index contributed by atoms with van der Waals surface area (Å²) in [6, 6.07) is 7.24. The molecule has 0 N–H and O–H groups in total. The van der Waals surface area contributed by atoms with Gasteiger partial charge in [-0.15, -0.1) is 0 Å². The summed E-state index contributed by atoms with van der Waals surface area (Å²) >= 11 is 6.15. The van der Waals surface area contributed by atoms with Crippen molar-refractivity contribution >= 4 is 32.3 Å². The molecule has 1 saturated carbocycles. The van der Waals surface area contributed by atoms with E-state index in [9.17, 15) is 8.42 Å². The van der Waals surface area contributed by atoms with Gasteiger partial charge < -0.3 is 4.74 Å². The fourth-order valence-electron chi connectivity index (χ4n) is 2.46. The lowest BCUT2D eigenvalue weighted by atomic mass is 10.1. The lowest BCUT2D eigenvalue weighted by Gasteiger charge is -2.08. The minimum Gasteiger partial charge on any atom is -0.497 e. The molecule has 4 nitrogen and oxygen atoms in total. The monoisotopic (exact) mass is 339 g/mol. The Morgan fingerprint density at radius 3 is 2.77 bits per heavy atom. The van der Waals surface area contributed by atoms with Crippen molar-refractivity contribution in [3.8, 4) is 5.75 Å². The second-order valence-electron chi connectivity index (χ2n) is 5.82. The molecule has 118 valence electrons. The van der Waals surface area contributed by atoms with Crippen LogP contribution in [0.25, 0.3) is 10.9 Å². The topological polar surface area (TPSA) is 56.3 Å². The Bertz CT molecular complexity index is 800. The smallest absolute Gasteiger partial charge is 0.154 e. The first kappa shape index (κ1) is 15.6. The van der Waals surface area contributed by atoms with Gasteiger partial charge in [-0.3, -0.25) is 0 Å². The van der Waals surface area contributed by atoms with E-state index in [0.29, 0.717) is 17.2 Å². The summed E-state index contributed by atoms with van der Waals surface area (Å²) < 4.78 is 29.7. The summed E-state index contributed by atoms with van der Waals surface area (Å²) in [7, 11) is -1.56. The lowest BCUT2D eigenvalue weighted by molar-refractivity contribution is 0.415. The van der Waals surface area contributed by atoms with Crippen LogP contribution in [0.3, 0.4) is 0 Å². The molecule has 1 aliphatic rings. The maximum absolute atomic E-state index is 12.2. The van der Waals surface area contributed by atoms with Gasteiger partial charge in [-0.25, -0.2) is 13.4 Å². The SMILES string of the molecule is COc1ccc2nc(Cl)c(CS(=O)(=O)CCC3CC3)cc2c1. The molecule has 22 heavy (non-hydrogen) atoms. The molecule has 0 atom stereocenters. The molecule has 0 bridgehead atoms. The molecule has 0 spiro atoms. The molecule has 0 unspecified atom stereocenters. The van der Waals surface area contributed by atoms with E-state index in [0.717, 1.165) is 30.2 Å². The highest BCUT2D eigenvalue weighted by Gasteiger charge is 2.24. The van der Waals surface area contributed by atoms with Gasteiger partial charge in [0.15, 0.2) is 9.84 Å². The number of benzene rings is 1. The Balaban J connectivity index is 1.86. The van der Waals surface area contributed by atoms with E-state index in [-0.39, 0.29) is 16.7 Å². The predicted octanol–water partition coefficient (Wildman–Crippen LogP) is 3.61. The quantitative estimate of drug-likeness (QED) is 0.754. The number of methoxy groups -OCH3 is 1. The van der Waals surface area contributed by atoms with Gasteiger partial charge >= 0.3 is 0 Å². The van der Waals surface area contributed by atoms with Gasteiger partial charge in [0.05, 0.1) is 24.1 Å². The lowest BCUT2D eigenvalue weighted by Crippen LogP contribution is -2.10. The molecule has 1 aliphatic carbocycles. The summed E-state index contributed by atoms with van der Waals surface area (Å²) in [6.07, 6.45) is 3.08. The van der Waals surface area contributed by atoms with E-state index < -0.39 is 9.84 Å². The van der Waals surface area contributed by atoms with Crippen LogP contribution in [0.5, 0.6) is 5.75 Å². The zero-order chi connectivity index (χ0) is 15.7. The van der Waals surface area contributed by atoms with Gasteiger partial charge in [0.2, 0.25) is 0 Å². The minimum absolute atomic E-state index is 0.0568. The normalized spacial score (nSPS) is 15.2. The third kappa shape index (κ3) is 3.70. The van der Waals surface area contributed by atoms with Gasteiger partial charge in [0.1, 0.15) is 10.9 Å². The number of hydrogen-bond donors (Lipinski definition) is 0. The van der Waals surface area contributed by atoms with Crippen LogP contribution in [0.1, 0.15) is 24.8 Å². The molecular weight excluding hydrogens is 322 g/mol. The van der Waals surface area contributed by atoms with Crippen molar-refractivity contribution in [3.63, 3.8) is 0 Å². The Morgan fingerprint density at radius 1 is 1.32 bits per heavy atom. The van der Waals surface area contributed by atoms with Gasteiger partial charge in [-0.2, -0.15) is 0 Å². The van der Waals surface area contributed by atoms with Gasteiger partial charge in [-0.1, -0.05) is 24.4 Å². The highest BCUT2D eigenvalue weighted by Crippen LogP contribution is 2.33. The number of pyridine rings is 1. The van der Waals surface area contributed by atoms with Crippen molar-refractivity contribution in [1.29, 1.82) is 0 Å².